The first kappa shape index (κ1) is 8.80. The van der Waals surface area contributed by atoms with Crippen molar-refractivity contribution < 1.29 is 0 Å². The molecule has 0 amide bonds. The lowest BCUT2D eigenvalue weighted by atomic mass is 10.0. The van der Waals surface area contributed by atoms with Crippen molar-refractivity contribution in [2.45, 2.75) is 19.5 Å². The van der Waals surface area contributed by atoms with E-state index in [1.165, 1.54) is 5.56 Å². The van der Waals surface area contributed by atoms with Crippen molar-refractivity contribution in [2.75, 3.05) is 6.54 Å². The molecule has 5 heteroatoms. The summed E-state index contributed by atoms with van der Waals surface area (Å²) in [6, 6.07) is 0. The fraction of sp³-hybridized carbons (Fsp3) is 0.500. The summed E-state index contributed by atoms with van der Waals surface area (Å²) < 4.78 is 0.530. The average Bonchev–Trinajstić information content (AvgIpc) is 2.16. The average molecular weight is 196 g/mol. The topological polar surface area (TPSA) is 66.7 Å². The van der Waals surface area contributed by atoms with Crippen molar-refractivity contribution in [3.05, 3.63) is 21.7 Å². The Morgan fingerprint density at radius 3 is 3.15 bits per heavy atom. The molecule has 13 heavy (non-hydrogen) atoms. The molecule has 0 aromatic carbocycles. The molecule has 2 rings (SSSR count). The van der Waals surface area contributed by atoms with Crippen LogP contribution in [0.3, 0.4) is 0 Å². The first-order valence-electron chi connectivity index (χ1n) is 4.33. The van der Waals surface area contributed by atoms with E-state index in [0.717, 1.165) is 30.9 Å². The number of rotatable bonds is 1. The van der Waals surface area contributed by atoms with Crippen LogP contribution < -0.4 is 11.1 Å². The van der Waals surface area contributed by atoms with Crippen LogP contribution in [0, 0.1) is 4.77 Å². The number of nitrogens with zero attached hydrogens (tertiary/aromatic N) is 1. The Hall–Kier alpha value is -0.780. The number of hydrogen-bond donors (Lipinski definition) is 3. The van der Waals surface area contributed by atoms with Gasteiger partial charge in [-0.3, -0.25) is 0 Å². The Labute approximate surface area is 81.6 Å². The van der Waals surface area contributed by atoms with E-state index in [2.05, 4.69) is 15.3 Å². The molecular formula is C8H12N4S. The monoisotopic (exact) mass is 196 g/mol. The summed E-state index contributed by atoms with van der Waals surface area (Å²) in [5.74, 6) is 0. The quantitative estimate of drug-likeness (QED) is 0.563. The van der Waals surface area contributed by atoms with E-state index in [4.69, 9.17) is 18.0 Å². The zero-order valence-corrected chi connectivity index (χ0v) is 8.08. The molecule has 1 aliphatic heterocycles. The fourth-order valence-electron chi connectivity index (χ4n) is 1.64. The van der Waals surface area contributed by atoms with Crippen molar-refractivity contribution >= 4 is 12.2 Å². The number of fused-ring (bicyclic) bond motifs is 1. The summed E-state index contributed by atoms with van der Waals surface area (Å²) in [4.78, 5) is 7.30. The smallest absolute Gasteiger partial charge is 0.197 e. The van der Waals surface area contributed by atoms with Gasteiger partial charge < -0.3 is 16.0 Å². The molecule has 0 radical (unpaired) electrons. The number of H-pyrrole nitrogens is 1. The number of aromatic amines is 1. The van der Waals surface area contributed by atoms with Crippen LogP contribution in [0.15, 0.2) is 0 Å². The molecule has 2 heterocycles. The van der Waals surface area contributed by atoms with Gasteiger partial charge in [-0.05, 0) is 30.7 Å². The van der Waals surface area contributed by atoms with Crippen molar-refractivity contribution in [3.8, 4) is 0 Å². The third-order valence-electron chi connectivity index (χ3n) is 2.25. The maximum absolute atomic E-state index is 5.60. The van der Waals surface area contributed by atoms with Crippen molar-refractivity contribution in [1.29, 1.82) is 0 Å². The van der Waals surface area contributed by atoms with Crippen LogP contribution in [0.4, 0.5) is 0 Å². The van der Waals surface area contributed by atoms with Gasteiger partial charge in [0.2, 0.25) is 0 Å². The van der Waals surface area contributed by atoms with Crippen LogP contribution in [-0.4, -0.2) is 16.5 Å². The largest absolute Gasteiger partial charge is 0.333 e. The summed E-state index contributed by atoms with van der Waals surface area (Å²) in [5, 5.41) is 3.27. The molecular weight excluding hydrogens is 184 g/mol. The van der Waals surface area contributed by atoms with E-state index >= 15 is 0 Å². The van der Waals surface area contributed by atoms with Gasteiger partial charge in [-0.15, -0.1) is 0 Å². The highest BCUT2D eigenvalue weighted by atomic mass is 32.1. The molecule has 0 unspecified atom stereocenters. The zero-order valence-electron chi connectivity index (χ0n) is 7.26. The third kappa shape index (κ3) is 1.63. The number of hydrogen-bond acceptors (Lipinski definition) is 4. The Balaban J connectivity index is 2.57. The van der Waals surface area contributed by atoms with Crippen LogP contribution in [0.5, 0.6) is 0 Å². The summed E-state index contributed by atoms with van der Waals surface area (Å²) >= 11 is 5.00. The summed E-state index contributed by atoms with van der Waals surface area (Å²) in [5.41, 5.74) is 8.93. The summed E-state index contributed by atoms with van der Waals surface area (Å²) in [6.45, 7) is 2.31. The molecule has 0 aliphatic carbocycles. The predicted octanol–water partition coefficient (Wildman–Crippen LogP) is 0.244. The molecule has 0 saturated heterocycles. The Bertz CT molecular complexity index is 351. The second-order valence-corrected chi connectivity index (χ2v) is 3.46. The normalized spacial score (nSPS) is 15.5. The Morgan fingerprint density at radius 1 is 1.54 bits per heavy atom. The molecule has 4 N–H and O–H groups in total. The van der Waals surface area contributed by atoms with Gasteiger partial charge in [0.05, 0.1) is 5.69 Å². The van der Waals surface area contributed by atoms with Gasteiger partial charge in [0, 0.05) is 18.8 Å². The van der Waals surface area contributed by atoms with Crippen molar-refractivity contribution in [2.24, 2.45) is 5.73 Å². The van der Waals surface area contributed by atoms with E-state index in [1.54, 1.807) is 0 Å². The number of nitrogens with two attached hydrogens (primary N) is 1. The minimum Gasteiger partial charge on any atom is -0.333 e. The van der Waals surface area contributed by atoms with E-state index in [9.17, 15) is 0 Å². The maximum atomic E-state index is 5.60. The fourth-order valence-corrected chi connectivity index (χ4v) is 1.87. The second-order valence-electron chi connectivity index (χ2n) is 3.08. The van der Waals surface area contributed by atoms with Gasteiger partial charge in [0.15, 0.2) is 4.77 Å². The molecule has 0 bridgehead atoms. The molecule has 0 saturated carbocycles. The highest BCUT2D eigenvalue weighted by Gasteiger charge is 2.13. The highest BCUT2D eigenvalue weighted by Crippen LogP contribution is 2.13. The SMILES string of the molecule is NCc1nc(=S)[nH]c2c1CCNC2. The first-order valence-corrected chi connectivity index (χ1v) is 4.74. The van der Waals surface area contributed by atoms with Gasteiger partial charge in [0.1, 0.15) is 0 Å². The molecule has 1 aliphatic rings. The number of nitrogens with one attached hydrogen (secondary N) is 2. The van der Waals surface area contributed by atoms with Crippen LogP contribution in [-0.2, 0) is 19.5 Å². The lowest BCUT2D eigenvalue weighted by molar-refractivity contribution is 0.613. The minimum absolute atomic E-state index is 0.473. The summed E-state index contributed by atoms with van der Waals surface area (Å²) in [6.07, 6.45) is 0.987. The Kier molecular flexibility index (Phi) is 2.39. The lowest BCUT2D eigenvalue weighted by Gasteiger charge is -2.18. The molecule has 0 spiro atoms. The predicted molar refractivity (Wildman–Crippen MR) is 52.7 cm³/mol. The van der Waals surface area contributed by atoms with E-state index in [0.29, 0.717) is 11.3 Å². The van der Waals surface area contributed by atoms with Crippen LogP contribution in [0.1, 0.15) is 17.0 Å². The second kappa shape index (κ2) is 3.53. The molecule has 0 atom stereocenters. The van der Waals surface area contributed by atoms with Crippen molar-refractivity contribution in [3.63, 3.8) is 0 Å². The highest BCUT2D eigenvalue weighted by molar-refractivity contribution is 7.71. The van der Waals surface area contributed by atoms with Gasteiger partial charge in [-0.1, -0.05) is 0 Å². The van der Waals surface area contributed by atoms with Crippen LogP contribution in [0.25, 0.3) is 0 Å². The van der Waals surface area contributed by atoms with E-state index in [1.807, 2.05) is 0 Å². The third-order valence-corrected chi connectivity index (χ3v) is 2.45. The van der Waals surface area contributed by atoms with Gasteiger partial charge >= 0.3 is 0 Å². The van der Waals surface area contributed by atoms with Crippen LogP contribution in [0.2, 0.25) is 0 Å². The molecule has 1 aromatic heterocycles. The van der Waals surface area contributed by atoms with Crippen molar-refractivity contribution in [1.82, 2.24) is 15.3 Å². The lowest BCUT2D eigenvalue weighted by Crippen LogP contribution is -2.27. The van der Waals surface area contributed by atoms with Gasteiger partial charge in [-0.25, -0.2) is 4.98 Å². The molecule has 4 nitrogen and oxygen atoms in total. The molecule has 70 valence electrons. The van der Waals surface area contributed by atoms with Crippen LogP contribution >= 0.6 is 12.2 Å². The maximum Gasteiger partial charge on any atom is 0.197 e. The zero-order chi connectivity index (χ0) is 9.26. The van der Waals surface area contributed by atoms with E-state index < -0.39 is 0 Å². The Morgan fingerprint density at radius 2 is 2.38 bits per heavy atom. The number of aromatic nitrogens is 2. The molecule has 0 fully saturated rings. The molecule has 1 aromatic rings. The van der Waals surface area contributed by atoms with Gasteiger partial charge in [0.25, 0.3) is 0 Å². The van der Waals surface area contributed by atoms with Gasteiger partial charge in [-0.2, -0.15) is 0 Å². The first-order chi connectivity index (χ1) is 6.31. The van der Waals surface area contributed by atoms with E-state index in [-0.39, 0.29) is 0 Å². The summed E-state index contributed by atoms with van der Waals surface area (Å²) in [7, 11) is 0. The standard InChI is InChI=1S/C8H12N4S/c9-3-6-5-1-2-10-4-7(5)12-8(13)11-6/h10H,1-4,9H2,(H,11,12,13). The minimum atomic E-state index is 0.473.